The Kier molecular flexibility index (Phi) is 4.40. The summed E-state index contributed by atoms with van der Waals surface area (Å²) in [5.74, 6) is 1.89. The van der Waals surface area contributed by atoms with Crippen molar-refractivity contribution in [3.05, 3.63) is 53.7 Å². The van der Waals surface area contributed by atoms with E-state index in [0.29, 0.717) is 6.42 Å². The quantitative estimate of drug-likeness (QED) is 0.694. The van der Waals surface area contributed by atoms with Crippen LogP contribution in [0.3, 0.4) is 0 Å². The van der Waals surface area contributed by atoms with Crippen LogP contribution in [0.15, 0.2) is 57.4 Å². The molecule has 122 valence electrons. The fourth-order valence-corrected chi connectivity index (χ4v) is 4.52. The molecular formula is C18H16N2O2S2. The highest BCUT2D eigenvalue weighted by atomic mass is 32.2. The van der Waals surface area contributed by atoms with Gasteiger partial charge in [0.25, 0.3) is 0 Å². The van der Waals surface area contributed by atoms with Gasteiger partial charge in [-0.2, -0.15) is 0 Å². The lowest BCUT2D eigenvalue weighted by atomic mass is 10.2. The number of hydrogen-bond donors (Lipinski definition) is 0. The van der Waals surface area contributed by atoms with Crippen molar-refractivity contribution in [2.75, 3.05) is 17.2 Å². The minimum atomic E-state index is 0.0984. The Bertz CT molecular complexity index is 842. The number of thiazole rings is 1. The van der Waals surface area contributed by atoms with Gasteiger partial charge in [0.1, 0.15) is 0 Å². The van der Waals surface area contributed by atoms with Crippen LogP contribution in [0.4, 0.5) is 5.69 Å². The number of furan rings is 1. The molecule has 1 amide bonds. The maximum Gasteiger partial charge on any atom is 0.233 e. The second kappa shape index (κ2) is 6.83. The van der Waals surface area contributed by atoms with Gasteiger partial charge in [-0.15, -0.1) is 23.1 Å². The molecule has 1 aliphatic heterocycles. The Morgan fingerprint density at radius 2 is 2.17 bits per heavy atom. The molecule has 4 nitrogen and oxygen atoms in total. The van der Waals surface area contributed by atoms with Gasteiger partial charge >= 0.3 is 0 Å². The Morgan fingerprint density at radius 1 is 1.25 bits per heavy atom. The molecule has 6 heteroatoms. The van der Waals surface area contributed by atoms with Crippen molar-refractivity contribution < 1.29 is 9.21 Å². The molecule has 0 unspecified atom stereocenters. The number of fused-ring (bicyclic) bond motifs is 1. The number of anilines is 1. The van der Waals surface area contributed by atoms with Gasteiger partial charge in [-0.05, 0) is 36.4 Å². The van der Waals surface area contributed by atoms with E-state index in [1.54, 1.807) is 6.26 Å². The Labute approximate surface area is 148 Å². The minimum absolute atomic E-state index is 0.0984. The fourth-order valence-electron chi connectivity index (χ4n) is 2.74. The molecule has 4 rings (SSSR count). The zero-order valence-electron chi connectivity index (χ0n) is 13.0. The maximum atomic E-state index is 12.8. The van der Waals surface area contributed by atoms with Crippen LogP contribution in [0.2, 0.25) is 0 Å². The smallest absolute Gasteiger partial charge is 0.233 e. The van der Waals surface area contributed by atoms with Crippen molar-refractivity contribution in [2.24, 2.45) is 0 Å². The molecule has 24 heavy (non-hydrogen) atoms. The Balaban J connectivity index is 1.54. The third kappa shape index (κ3) is 3.12. The van der Waals surface area contributed by atoms with Crippen LogP contribution in [0.1, 0.15) is 12.1 Å². The van der Waals surface area contributed by atoms with Crippen molar-refractivity contribution >= 4 is 34.7 Å². The largest absolute Gasteiger partial charge is 0.462 e. The second-order valence-corrected chi connectivity index (χ2v) is 7.51. The number of para-hydroxylation sites is 1. The van der Waals surface area contributed by atoms with Gasteiger partial charge < -0.3 is 9.32 Å². The van der Waals surface area contributed by atoms with E-state index < -0.39 is 0 Å². The van der Waals surface area contributed by atoms with Crippen molar-refractivity contribution in [1.29, 1.82) is 0 Å². The molecule has 0 spiro atoms. The number of amides is 1. The van der Waals surface area contributed by atoms with Gasteiger partial charge in [-0.3, -0.25) is 4.79 Å². The van der Waals surface area contributed by atoms with E-state index in [4.69, 9.17) is 4.42 Å². The normalized spacial score (nSPS) is 14.2. The molecule has 3 aromatic rings. The van der Waals surface area contributed by atoms with Crippen molar-refractivity contribution in [3.63, 3.8) is 0 Å². The molecule has 0 saturated heterocycles. The number of carbonyl (C=O) groups is 1. The summed E-state index contributed by atoms with van der Waals surface area (Å²) in [4.78, 5) is 20.5. The summed E-state index contributed by atoms with van der Waals surface area (Å²) in [7, 11) is 0. The van der Waals surface area contributed by atoms with Crippen LogP contribution < -0.4 is 4.90 Å². The SMILES string of the molecule is O=C(Cc1csc(-c2ccco2)n1)N1CCCSc2ccccc21. The average Bonchev–Trinajstić information content (AvgIpc) is 3.23. The molecule has 0 atom stereocenters. The van der Waals surface area contributed by atoms with E-state index in [1.807, 2.05) is 52.4 Å². The molecule has 0 saturated carbocycles. The number of benzene rings is 1. The first-order chi connectivity index (χ1) is 11.8. The summed E-state index contributed by atoms with van der Waals surface area (Å²) < 4.78 is 5.37. The zero-order chi connectivity index (χ0) is 16.4. The van der Waals surface area contributed by atoms with Crippen LogP contribution in [0.5, 0.6) is 0 Å². The van der Waals surface area contributed by atoms with Crippen LogP contribution in [-0.2, 0) is 11.2 Å². The molecule has 0 bridgehead atoms. The van der Waals surface area contributed by atoms with Crippen LogP contribution >= 0.6 is 23.1 Å². The van der Waals surface area contributed by atoms with E-state index in [-0.39, 0.29) is 5.91 Å². The van der Waals surface area contributed by atoms with Gasteiger partial charge in [-0.1, -0.05) is 12.1 Å². The summed E-state index contributed by atoms with van der Waals surface area (Å²) in [5, 5.41) is 2.75. The van der Waals surface area contributed by atoms with Gasteiger partial charge in [0.05, 0.1) is 24.1 Å². The number of rotatable bonds is 3. The summed E-state index contributed by atoms with van der Waals surface area (Å²) >= 11 is 3.33. The Hall–Kier alpha value is -2.05. The fraction of sp³-hybridized carbons (Fsp3) is 0.222. The zero-order valence-corrected chi connectivity index (χ0v) is 14.6. The lowest BCUT2D eigenvalue weighted by molar-refractivity contribution is -0.118. The van der Waals surface area contributed by atoms with Gasteiger partial charge in [0.2, 0.25) is 5.91 Å². The maximum absolute atomic E-state index is 12.8. The monoisotopic (exact) mass is 356 g/mol. The molecule has 1 aliphatic rings. The first-order valence-corrected chi connectivity index (χ1v) is 9.68. The van der Waals surface area contributed by atoms with Crippen molar-refractivity contribution in [3.8, 4) is 10.8 Å². The van der Waals surface area contributed by atoms with Crippen LogP contribution in [0, 0.1) is 0 Å². The molecule has 0 aliphatic carbocycles. The first kappa shape index (κ1) is 15.5. The molecule has 0 N–H and O–H groups in total. The van der Waals surface area contributed by atoms with Crippen molar-refractivity contribution in [2.45, 2.75) is 17.7 Å². The highest BCUT2D eigenvalue weighted by molar-refractivity contribution is 7.99. The lowest BCUT2D eigenvalue weighted by Gasteiger charge is -2.22. The highest BCUT2D eigenvalue weighted by Gasteiger charge is 2.22. The van der Waals surface area contributed by atoms with Crippen molar-refractivity contribution in [1.82, 2.24) is 4.98 Å². The predicted octanol–water partition coefficient (Wildman–Crippen LogP) is 4.47. The number of nitrogens with zero attached hydrogens (tertiary/aromatic N) is 2. The summed E-state index contributed by atoms with van der Waals surface area (Å²) in [5.41, 5.74) is 1.82. The molecule has 0 fully saturated rings. The van der Waals surface area contributed by atoms with E-state index in [9.17, 15) is 4.79 Å². The van der Waals surface area contributed by atoms with Gasteiger partial charge in [0.15, 0.2) is 10.8 Å². The van der Waals surface area contributed by atoms with E-state index >= 15 is 0 Å². The summed E-state index contributed by atoms with van der Waals surface area (Å²) in [6.07, 6.45) is 2.95. The first-order valence-electron chi connectivity index (χ1n) is 7.82. The number of aromatic nitrogens is 1. The molecule has 1 aromatic carbocycles. The third-order valence-corrected chi connectivity index (χ3v) is 5.91. The topological polar surface area (TPSA) is 46.3 Å². The van der Waals surface area contributed by atoms with E-state index in [0.717, 1.165) is 40.9 Å². The number of thioether (sulfide) groups is 1. The third-order valence-electron chi connectivity index (χ3n) is 3.86. The molecular weight excluding hydrogens is 340 g/mol. The average molecular weight is 356 g/mol. The lowest BCUT2D eigenvalue weighted by Crippen LogP contribution is -2.33. The second-order valence-electron chi connectivity index (χ2n) is 5.51. The summed E-state index contributed by atoms with van der Waals surface area (Å²) in [6.45, 7) is 0.762. The van der Waals surface area contributed by atoms with E-state index in [1.165, 1.54) is 16.2 Å². The number of carbonyl (C=O) groups excluding carboxylic acids is 1. The molecule has 2 aromatic heterocycles. The highest BCUT2D eigenvalue weighted by Crippen LogP contribution is 2.34. The molecule has 3 heterocycles. The molecule has 0 radical (unpaired) electrons. The van der Waals surface area contributed by atoms with E-state index in [2.05, 4.69) is 11.1 Å². The standard InChI is InChI=1S/C18H16N2O2S2/c21-17(11-13-12-24-18(19-13)15-6-3-9-22-15)20-8-4-10-23-16-7-2-1-5-14(16)20/h1-3,5-7,9,12H,4,8,10-11H2. The number of hydrogen-bond acceptors (Lipinski definition) is 5. The minimum Gasteiger partial charge on any atom is -0.462 e. The Morgan fingerprint density at radius 3 is 3.04 bits per heavy atom. The van der Waals surface area contributed by atoms with Gasteiger partial charge in [0, 0.05) is 16.8 Å². The van der Waals surface area contributed by atoms with Crippen LogP contribution in [0.25, 0.3) is 10.8 Å². The van der Waals surface area contributed by atoms with Gasteiger partial charge in [-0.25, -0.2) is 4.98 Å². The summed E-state index contributed by atoms with van der Waals surface area (Å²) in [6, 6.07) is 11.9. The van der Waals surface area contributed by atoms with Crippen LogP contribution in [-0.4, -0.2) is 23.2 Å². The predicted molar refractivity (Wildman–Crippen MR) is 97.7 cm³/mol.